The molecule has 3 N–H and O–H groups in total. The van der Waals surface area contributed by atoms with E-state index in [9.17, 15) is 9.59 Å². The molecule has 0 aromatic heterocycles. The number of methoxy groups -OCH3 is 1. The minimum absolute atomic E-state index is 0.0564. The predicted octanol–water partition coefficient (Wildman–Crippen LogP) is 3.03. The summed E-state index contributed by atoms with van der Waals surface area (Å²) in [6.45, 7) is 2.63. The molecule has 1 heterocycles. The van der Waals surface area contributed by atoms with Crippen molar-refractivity contribution in [3.8, 4) is 5.75 Å². The standard InChI is InChI=1S/C22H26N4O4/c1-15(27)24-17-10-8-16(9-11-17)21(28)26-22(23-14-20-7-4-12-30-20)25-18-5-3-6-19(13-18)29-2/h3,5-6,8-11,13,20H,4,7,12,14H2,1-2H3,(H,24,27)(H2,23,25,26,28). The predicted molar refractivity (Wildman–Crippen MR) is 116 cm³/mol. The molecular weight excluding hydrogens is 384 g/mol. The van der Waals surface area contributed by atoms with Gasteiger partial charge in [-0.2, -0.15) is 0 Å². The molecule has 0 radical (unpaired) electrons. The Kier molecular flexibility index (Phi) is 7.40. The minimum Gasteiger partial charge on any atom is -0.497 e. The molecule has 0 aliphatic carbocycles. The molecule has 1 aliphatic heterocycles. The second-order valence-corrected chi connectivity index (χ2v) is 6.89. The lowest BCUT2D eigenvalue weighted by Gasteiger charge is -2.14. The molecule has 2 aromatic carbocycles. The number of hydrogen-bond acceptors (Lipinski definition) is 5. The summed E-state index contributed by atoms with van der Waals surface area (Å²) in [5.74, 6) is 0.539. The number of aliphatic imine (C=N–C) groups is 1. The molecule has 0 spiro atoms. The molecule has 1 atom stereocenters. The van der Waals surface area contributed by atoms with Crippen molar-refractivity contribution < 1.29 is 19.1 Å². The fourth-order valence-corrected chi connectivity index (χ4v) is 3.02. The van der Waals surface area contributed by atoms with Gasteiger partial charge >= 0.3 is 0 Å². The first-order chi connectivity index (χ1) is 14.5. The van der Waals surface area contributed by atoms with Crippen molar-refractivity contribution in [3.05, 3.63) is 54.1 Å². The Balaban J connectivity index is 1.72. The van der Waals surface area contributed by atoms with Gasteiger partial charge in [0.2, 0.25) is 11.9 Å². The summed E-state index contributed by atoms with van der Waals surface area (Å²) in [7, 11) is 1.60. The number of rotatable bonds is 6. The zero-order valence-electron chi connectivity index (χ0n) is 17.1. The highest BCUT2D eigenvalue weighted by atomic mass is 16.5. The van der Waals surface area contributed by atoms with Crippen LogP contribution in [0.25, 0.3) is 0 Å². The molecule has 8 heteroatoms. The van der Waals surface area contributed by atoms with E-state index in [1.54, 1.807) is 31.4 Å². The molecule has 1 unspecified atom stereocenters. The third kappa shape index (κ3) is 6.31. The van der Waals surface area contributed by atoms with Crippen LogP contribution in [-0.4, -0.2) is 44.1 Å². The van der Waals surface area contributed by atoms with Gasteiger partial charge in [-0.05, 0) is 49.2 Å². The highest BCUT2D eigenvalue weighted by molar-refractivity contribution is 6.10. The van der Waals surface area contributed by atoms with E-state index in [1.165, 1.54) is 6.92 Å². The molecule has 0 bridgehead atoms. The molecule has 3 rings (SSSR count). The zero-order chi connectivity index (χ0) is 21.3. The quantitative estimate of drug-likeness (QED) is 0.502. The SMILES string of the molecule is COc1cccc(NC(=NCC2CCCO2)NC(=O)c2ccc(NC(C)=O)cc2)c1. The minimum atomic E-state index is -0.314. The van der Waals surface area contributed by atoms with Crippen molar-refractivity contribution in [2.45, 2.75) is 25.9 Å². The van der Waals surface area contributed by atoms with Gasteiger partial charge in [0, 0.05) is 36.5 Å². The first-order valence-electron chi connectivity index (χ1n) is 9.79. The lowest BCUT2D eigenvalue weighted by Crippen LogP contribution is -2.36. The van der Waals surface area contributed by atoms with Crippen LogP contribution in [0.5, 0.6) is 5.75 Å². The fourth-order valence-electron chi connectivity index (χ4n) is 3.02. The average Bonchev–Trinajstić information content (AvgIpc) is 3.26. The Morgan fingerprint density at radius 2 is 1.93 bits per heavy atom. The second kappa shape index (κ2) is 10.4. The van der Waals surface area contributed by atoms with Crippen molar-refractivity contribution in [1.82, 2.24) is 5.32 Å². The normalized spacial score (nSPS) is 16.1. The van der Waals surface area contributed by atoms with E-state index in [2.05, 4.69) is 20.9 Å². The number of ether oxygens (including phenoxy) is 2. The number of hydrogen-bond donors (Lipinski definition) is 3. The summed E-state index contributed by atoms with van der Waals surface area (Å²) >= 11 is 0. The van der Waals surface area contributed by atoms with Crippen LogP contribution in [0, 0.1) is 0 Å². The van der Waals surface area contributed by atoms with Crippen LogP contribution in [0.3, 0.4) is 0 Å². The van der Waals surface area contributed by atoms with Crippen LogP contribution in [-0.2, 0) is 9.53 Å². The van der Waals surface area contributed by atoms with Crippen molar-refractivity contribution >= 4 is 29.1 Å². The third-order valence-electron chi connectivity index (χ3n) is 4.51. The first kappa shape index (κ1) is 21.3. The van der Waals surface area contributed by atoms with Gasteiger partial charge in [-0.1, -0.05) is 6.07 Å². The number of carbonyl (C=O) groups excluding carboxylic acids is 2. The van der Waals surface area contributed by atoms with E-state index in [4.69, 9.17) is 9.47 Å². The summed E-state index contributed by atoms with van der Waals surface area (Å²) in [6.07, 6.45) is 2.03. The van der Waals surface area contributed by atoms with E-state index in [0.29, 0.717) is 29.5 Å². The number of amides is 2. The smallest absolute Gasteiger partial charge is 0.257 e. The Morgan fingerprint density at radius 1 is 1.13 bits per heavy atom. The molecule has 2 aromatic rings. The molecule has 2 amide bonds. The Labute approximate surface area is 175 Å². The largest absolute Gasteiger partial charge is 0.497 e. The topological polar surface area (TPSA) is 101 Å². The van der Waals surface area contributed by atoms with Gasteiger partial charge < -0.3 is 20.1 Å². The van der Waals surface area contributed by atoms with Crippen molar-refractivity contribution in [2.24, 2.45) is 4.99 Å². The molecule has 8 nitrogen and oxygen atoms in total. The summed E-state index contributed by atoms with van der Waals surface area (Å²) in [4.78, 5) is 28.4. The number of nitrogens with one attached hydrogen (secondary N) is 3. The van der Waals surface area contributed by atoms with Crippen LogP contribution in [0.1, 0.15) is 30.1 Å². The van der Waals surface area contributed by atoms with E-state index in [-0.39, 0.29) is 17.9 Å². The fraction of sp³-hybridized carbons (Fsp3) is 0.318. The van der Waals surface area contributed by atoms with Gasteiger partial charge in [0.05, 0.1) is 19.8 Å². The highest BCUT2D eigenvalue weighted by Crippen LogP contribution is 2.17. The van der Waals surface area contributed by atoms with Crippen molar-refractivity contribution in [2.75, 3.05) is 30.9 Å². The van der Waals surface area contributed by atoms with Gasteiger partial charge in [0.1, 0.15) is 5.75 Å². The molecule has 30 heavy (non-hydrogen) atoms. The van der Waals surface area contributed by atoms with E-state index >= 15 is 0 Å². The number of guanidine groups is 1. The summed E-state index contributed by atoms with van der Waals surface area (Å²) in [6, 6.07) is 14.0. The van der Waals surface area contributed by atoms with Gasteiger partial charge in [-0.25, -0.2) is 4.99 Å². The molecular formula is C22H26N4O4. The summed E-state index contributed by atoms with van der Waals surface area (Å²) in [5.41, 5.74) is 1.81. The van der Waals surface area contributed by atoms with Gasteiger partial charge in [-0.15, -0.1) is 0 Å². The monoisotopic (exact) mass is 410 g/mol. The second-order valence-electron chi connectivity index (χ2n) is 6.89. The Morgan fingerprint density at radius 3 is 2.60 bits per heavy atom. The summed E-state index contributed by atoms with van der Waals surface area (Å²) < 4.78 is 10.9. The van der Waals surface area contributed by atoms with Crippen LogP contribution in [0.15, 0.2) is 53.5 Å². The Hall–Kier alpha value is -3.39. The number of carbonyl (C=O) groups is 2. The van der Waals surface area contributed by atoms with Crippen LogP contribution in [0.4, 0.5) is 11.4 Å². The van der Waals surface area contributed by atoms with Crippen molar-refractivity contribution in [3.63, 3.8) is 0 Å². The lowest BCUT2D eigenvalue weighted by molar-refractivity contribution is -0.114. The van der Waals surface area contributed by atoms with Gasteiger partial charge in [-0.3, -0.25) is 14.9 Å². The summed E-state index contributed by atoms with van der Waals surface area (Å²) in [5, 5.41) is 8.64. The molecule has 158 valence electrons. The average molecular weight is 410 g/mol. The van der Waals surface area contributed by atoms with Crippen LogP contribution < -0.4 is 20.7 Å². The van der Waals surface area contributed by atoms with Gasteiger partial charge in [0.25, 0.3) is 5.91 Å². The third-order valence-corrected chi connectivity index (χ3v) is 4.51. The maximum Gasteiger partial charge on any atom is 0.257 e. The van der Waals surface area contributed by atoms with Crippen LogP contribution in [0.2, 0.25) is 0 Å². The molecule has 1 aliphatic rings. The zero-order valence-corrected chi connectivity index (χ0v) is 17.1. The molecule has 0 saturated carbocycles. The van der Waals surface area contributed by atoms with E-state index in [1.807, 2.05) is 24.3 Å². The first-order valence-corrected chi connectivity index (χ1v) is 9.79. The number of nitrogens with zero attached hydrogens (tertiary/aromatic N) is 1. The lowest BCUT2D eigenvalue weighted by atomic mass is 10.2. The number of anilines is 2. The number of benzene rings is 2. The highest BCUT2D eigenvalue weighted by Gasteiger charge is 2.16. The van der Waals surface area contributed by atoms with Crippen LogP contribution >= 0.6 is 0 Å². The van der Waals surface area contributed by atoms with E-state index < -0.39 is 0 Å². The van der Waals surface area contributed by atoms with Gasteiger partial charge in [0.15, 0.2) is 0 Å². The maximum absolute atomic E-state index is 12.7. The van der Waals surface area contributed by atoms with E-state index in [0.717, 1.165) is 25.1 Å². The maximum atomic E-state index is 12.7. The molecule has 1 fully saturated rings. The Bertz CT molecular complexity index is 906. The van der Waals surface area contributed by atoms with Crippen molar-refractivity contribution in [1.29, 1.82) is 0 Å². The molecule has 1 saturated heterocycles.